The number of nitrogens with zero attached hydrogens (tertiary/aromatic N) is 3. The van der Waals surface area contributed by atoms with Gasteiger partial charge < -0.3 is 21.7 Å². The molecular formula is C27H33N7S. The summed E-state index contributed by atoms with van der Waals surface area (Å²) < 4.78 is 0. The number of hydrogen-bond acceptors (Lipinski definition) is 6. The standard InChI is InChI=1S/C27H33N7S/c1-4-29-27(35)23(24(28)32-17-19(2)3)26(34-22-9-6-5-7-10-22)33-18-20-11-13-21(14-12-20)25-30-15-8-16-31-25/h5-16,19,33-34H,4,17-18H2,1-3H3,(H2,28,32)(H,29,35)/b26-23-. The van der Waals surface area contributed by atoms with E-state index in [0.717, 1.165) is 16.8 Å². The van der Waals surface area contributed by atoms with Crippen LogP contribution in [0.4, 0.5) is 5.69 Å². The molecular weight excluding hydrogens is 454 g/mol. The van der Waals surface area contributed by atoms with E-state index in [0.29, 0.717) is 53.6 Å². The van der Waals surface area contributed by atoms with E-state index in [1.165, 1.54) is 0 Å². The summed E-state index contributed by atoms with van der Waals surface area (Å²) in [6.07, 6.45) is 3.48. The van der Waals surface area contributed by atoms with Crippen LogP contribution < -0.4 is 21.7 Å². The molecule has 0 amide bonds. The van der Waals surface area contributed by atoms with Crippen LogP contribution in [0.1, 0.15) is 26.3 Å². The van der Waals surface area contributed by atoms with Gasteiger partial charge in [0.1, 0.15) is 16.6 Å². The number of aromatic nitrogens is 2. The van der Waals surface area contributed by atoms with Gasteiger partial charge in [-0.15, -0.1) is 0 Å². The molecule has 182 valence electrons. The van der Waals surface area contributed by atoms with Gasteiger partial charge in [0.05, 0.1) is 5.57 Å². The molecule has 0 saturated heterocycles. The molecule has 3 aromatic rings. The van der Waals surface area contributed by atoms with Gasteiger partial charge in [0.25, 0.3) is 0 Å². The minimum absolute atomic E-state index is 0.383. The van der Waals surface area contributed by atoms with Crippen LogP contribution in [0.25, 0.3) is 11.4 Å². The number of aliphatic imine (C=N–C) groups is 1. The lowest BCUT2D eigenvalue weighted by Gasteiger charge is -2.20. The Hall–Kier alpha value is -3.78. The highest BCUT2D eigenvalue weighted by Crippen LogP contribution is 2.16. The molecule has 1 heterocycles. The van der Waals surface area contributed by atoms with Crippen molar-refractivity contribution in [2.45, 2.75) is 27.3 Å². The zero-order valence-corrected chi connectivity index (χ0v) is 21.3. The van der Waals surface area contributed by atoms with E-state index in [-0.39, 0.29) is 0 Å². The number of anilines is 1. The molecule has 0 spiro atoms. The molecule has 0 aliphatic heterocycles. The third kappa shape index (κ3) is 7.89. The van der Waals surface area contributed by atoms with Gasteiger partial charge in [0.2, 0.25) is 0 Å². The first-order valence-corrected chi connectivity index (χ1v) is 12.1. The number of likely N-dealkylation sites (N-methyl/N-ethyl adjacent to an activating group) is 1. The maximum Gasteiger partial charge on any atom is 0.159 e. The number of nitrogens with two attached hydrogens (primary N) is 1. The topological polar surface area (TPSA) is 100 Å². The first-order chi connectivity index (χ1) is 17.0. The summed E-state index contributed by atoms with van der Waals surface area (Å²) in [5.74, 6) is 2.17. The van der Waals surface area contributed by atoms with Crippen molar-refractivity contribution in [1.82, 2.24) is 20.6 Å². The van der Waals surface area contributed by atoms with Crippen LogP contribution in [0, 0.1) is 5.92 Å². The Labute approximate surface area is 213 Å². The van der Waals surface area contributed by atoms with Gasteiger partial charge in [-0.05, 0) is 36.6 Å². The Morgan fingerprint density at radius 1 is 0.971 bits per heavy atom. The first kappa shape index (κ1) is 25.8. The summed E-state index contributed by atoms with van der Waals surface area (Å²) in [5, 5.41) is 10.2. The third-order valence-electron chi connectivity index (χ3n) is 4.99. The van der Waals surface area contributed by atoms with Gasteiger partial charge in [-0.3, -0.25) is 4.99 Å². The minimum Gasteiger partial charge on any atom is -0.383 e. The second kappa shape index (κ2) is 13.2. The second-order valence-corrected chi connectivity index (χ2v) is 8.75. The van der Waals surface area contributed by atoms with E-state index in [1.54, 1.807) is 18.5 Å². The van der Waals surface area contributed by atoms with E-state index < -0.39 is 0 Å². The van der Waals surface area contributed by atoms with Crippen LogP contribution in [-0.2, 0) is 6.54 Å². The summed E-state index contributed by atoms with van der Waals surface area (Å²) in [7, 11) is 0. The quantitative estimate of drug-likeness (QED) is 0.137. The zero-order valence-electron chi connectivity index (χ0n) is 20.5. The van der Waals surface area contributed by atoms with Crippen molar-refractivity contribution in [3.05, 3.63) is 90.0 Å². The maximum atomic E-state index is 6.48. The number of thiocarbonyl (C=S) groups is 1. The van der Waals surface area contributed by atoms with E-state index in [1.807, 2.05) is 49.4 Å². The van der Waals surface area contributed by atoms with Crippen molar-refractivity contribution < 1.29 is 0 Å². The number of para-hydroxylation sites is 1. The molecule has 8 heteroatoms. The van der Waals surface area contributed by atoms with Gasteiger partial charge in [0, 0.05) is 43.3 Å². The van der Waals surface area contributed by atoms with Crippen molar-refractivity contribution in [1.29, 1.82) is 0 Å². The average Bonchev–Trinajstić information content (AvgIpc) is 2.87. The lowest BCUT2D eigenvalue weighted by molar-refractivity contribution is 0.665. The molecule has 0 radical (unpaired) electrons. The lowest BCUT2D eigenvalue weighted by Crippen LogP contribution is -2.36. The summed E-state index contributed by atoms with van der Waals surface area (Å²) in [6, 6.07) is 19.9. The number of amidine groups is 1. The SMILES string of the molecule is CCNC(=S)/C(C(N)=NCC(C)C)=C(/NCc1ccc(-c2ncccn2)cc1)Nc1ccccc1. The Morgan fingerprint density at radius 3 is 2.29 bits per heavy atom. The molecule has 35 heavy (non-hydrogen) atoms. The minimum atomic E-state index is 0.383. The summed E-state index contributed by atoms with van der Waals surface area (Å²) in [4.78, 5) is 13.8. The Kier molecular flexibility index (Phi) is 9.74. The summed E-state index contributed by atoms with van der Waals surface area (Å²) in [5.41, 5.74) is 10.1. The van der Waals surface area contributed by atoms with E-state index in [4.69, 9.17) is 18.0 Å². The fourth-order valence-electron chi connectivity index (χ4n) is 3.24. The van der Waals surface area contributed by atoms with Crippen LogP contribution >= 0.6 is 12.2 Å². The molecule has 0 saturated carbocycles. The zero-order chi connectivity index (χ0) is 25.0. The molecule has 7 nitrogen and oxygen atoms in total. The molecule has 0 aliphatic rings. The first-order valence-electron chi connectivity index (χ1n) is 11.7. The predicted molar refractivity (Wildman–Crippen MR) is 149 cm³/mol. The monoisotopic (exact) mass is 487 g/mol. The van der Waals surface area contributed by atoms with Crippen molar-refractivity contribution in [3.63, 3.8) is 0 Å². The molecule has 2 aromatic carbocycles. The average molecular weight is 488 g/mol. The van der Waals surface area contributed by atoms with Crippen molar-refractivity contribution in [2.75, 3.05) is 18.4 Å². The van der Waals surface area contributed by atoms with Crippen molar-refractivity contribution in [2.24, 2.45) is 16.6 Å². The fourth-order valence-corrected chi connectivity index (χ4v) is 3.59. The molecule has 0 atom stereocenters. The van der Waals surface area contributed by atoms with Gasteiger partial charge in [-0.1, -0.05) is 68.5 Å². The van der Waals surface area contributed by atoms with E-state index in [9.17, 15) is 0 Å². The van der Waals surface area contributed by atoms with Crippen molar-refractivity contribution >= 4 is 28.7 Å². The highest BCUT2D eigenvalue weighted by atomic mass is 32.1. The normalized spacial score (nSPS) is 12.2. The predicted octanol–water partition coefficient (Wildman–Crippen LogP) is 4.51. The molecule has 0 unspecified atom stereocenters. The molecule has 0 aliphatic carbocycles. The van der Waals surface area contributed by atoms with Crippen molar-refractivity contribution in [3.8, 4) is 11.4 Å². The van der Waals surface area contributed by atoms with Gasteiger partial charge in [0.15, 0.2) is 5.82 Å². The smallest absolute Gasteiger partial charge is 0.159 e. The summed E-state index contributed by atoms with van der Waals surface area (Å²) >= 11 is 5.70. The molecule has 1 aromatic heterocycles. The van der Waals surface area contributed by atoms with Crippen LogP contribution in [0.3, 0.4) is 0 Å². The Morgan fingerprint density at radius 2 is 1.66 bits per heavy atom. The van der Waals surface area contributed by atoms with Gasteiger partial charge >= 0.3 is 0 Å². The van der Waals surface area contributed by atoms with Crippen LogP contribution in [0.2, 0.25) is 0 Å². The molecule has 0 fully saturated rings. The van der Waals surface area contributed by atoms with Crippen LogP contribution in [0.5, 0.6) is 0 Å². The van der Waals surface area contributed by atoms with E-state index >= 15 is 0 Å². The van der Waals surface area contributed by atoms with Gasteiger partial charge in [-0.25, -0.2) is 9.97 Å². The summed E-state index contributed by atoms with van der Waals surface area (Å²) in [6.45, 7) is 8.07. The van der Waals surface area contributed by atoms with Crippen LogP contribution in [-0.4, -0.2) is 33.9 Å². The molecule has 3 rings (SSSR count). The maximum absolute atomic E-state index is 6.48. The third-order valence-corrected chi connectivity index (χ3v) is 5.34. The highest BCUT2D eigenvalue weighted by Gasteiger charge is 2.17. The van der Waals surface area contributed by atoms with Crippen LogP contribution in [0.15, 0.2) is 89.4 Å². The number of rotatable bonds is 11. The molecule has 0 bridgehead atoms. The number of benzene rings is 2. The Balaban J connectivity index is 1.91. The molecule has 5 N–H and O–H groups in total. The second-order valence-electron chi connectivity index (χ2n) is 8.34. The Bertz CT molecular complexity index is 1140. The number of hydrogen-bond donors (Lipinski definition) is 4. The van der Waals surface area contributed by atoms with E-state index in [2.05, 4.69) is 56.9 Å². The fraction of sp³-hybridized carbons (Fsp3) is 0.259. The number of nitrogens with one attached hydrogen (secondary N) is 3. The largest absolute Gasteiger partial charge is 0.383 e. The van der Waals surface area contributed by atoms with Gasteiger partial charge in [-0.2, -0.15) is 0 Å². The lowest BCUT2D eigenvalue weighted by atomic mass is 10.1. The highest BCUT2D eigenvalue weighted by molar-refractivity contribution is 7.80.